The number of para-hydroxylation sites is 2. The lowest BCUT2D eigenvalue weighted by Gasteiger charge is -2.38. The zero-order chi connectivity index (χ0) is 16.9. The minimum atomic E-state index is -0.410. The molecular formula is C19H22FN3O. The summed E-state index contributed by atoms with van der Waals surface area (Å²) in [4.78, 5) is 16.8. The van der Waals surface area contributed by atoms with Gasteiger partial charge in [0.15, 0.2) is 0 Å². The Morgan fingerprint density at radius 3 is 2.29 bits per heavy atom. The highest BCUT2D eigenvalue weighted by Crippen LogP contribution is 2.18. The Kier molecular flexibility index (Phi) is 5.11. The predicted molar refractivity (Wildman–Crippen MR) is 94.7 cm³/mol. The number of amides is 1. The average molecular weight is 327 g/mol. The first-order valence-electron chi connectivity index (χ1n) is 8.24. The molecule has 0 spiro atoms. The van der Waals surface area contributed by atoms with Crippen molar-refractivity contribution in [3.05, 3.63) is 60.4 Å². The standard InChI is InChI=1S/C19H22FN3O/c1-15(19(24)21-18-10-6-5-9-17(18)20)22-11-13-23(14-12-22)16-7-3-2-4-8-16/h2-10,15H,11-14H2,1H3,(H,21,24). The molecule has 1 fully saturated rings. The first-order valence-corrected chi connectivity index (χ1v) is 8.24. The number of anilines is 2. The molecule has 1 atom stereocenters. The van der Waals surface area contributed by atoms with E-state index in [4.69, 9.17) is 0 Å². The number of benzene rings is 2. The van der Waals surface area contributed by atoms with Gasteiger partial charge in [0.05, 0.1) is 11.7 Å². The molecule has 0 aromatic heterocycles. The van der Waals surface area contributed by atoms with E-state index in [9.17, 15) is 9.18 Å². The van der Waals surface area contributed by atoms with Gasteiger partial charge in [0, 0.05) is 31.9 Å². The number of rotatable bonds is 4. The van der Waals surface area contributed by atoms with Gasteiger partial charge < -0.3 is 10.2 Å². The Hall–Kier alpha value is -2.40. The third-order valence-electron chi connectivity index (χ3n) is 4.49. The van der Waals surface area contributed by atoms with E-state index in [1.165, 1.54) is 11.8 Å². The third kappa shape index (κ3) is 3.74. The minimum Gasteiger partial charge on any atom is -0.369 e. The maximum absolute atomic E-state index is 13.7. The maximum Gasteiger partial charge on any atom is 0.241 e. The molecule has 1 unspecified atom stereocenters. The minimum absolute atomic E-state index is 0.173. The molecule has 1 N–H and O–H groups in total. The van der Waals surface area contributed by atoms with Gasteiger partial charge in [-0.1, -0.05) is 30.3 Å². The van der Waals surface area contributed by atoms with E-state index in [1.807, 2.05) is 25.1 Å². The molecule has 126 valence electrons. The van der Waals surface area contributed by atoms with Crippen molar-refractivity contribution >= 4 is 17.3 Å². The average Bonchev–Trinajstić information content (AvgIpc) is 2.64. The van der Waals surface area contributed by atoms with Crippen molar-refractivity contribution in [2.75, 3.05) is 36.4 Å². The van der Waals surface area contributed by atoms with Gasteiger partial charge in [0.2, 0.25) is 5.91 Å². The Balaban J connectivity index is 1.56. The van der Waals surface area contributed by atoms with Gasteiger partial charge in [-0.3, -0.25) is 9.69 Å². The molecule has 1 saturated heterocycles. The number of carbonyl (C=O) groups excluding carboxylic acids is 1. The second-order valence-electron chi connectivity index (χ2n) is 6.00. The monoisotopic (exact) mass is 327 g/mol. The van der Waals surface area contributed by atoms with Gasteiger partial charge in [-0.2, -0.15) is 0 Å². The highest BCUT2D eigenvalue weighted by Gasteiger charge is 2.26. The number of nitrogens with one attached hydrogen (secondary N) is 1. The van der Waals surface area contributed by atoms with Crippen LogP contribution in [0.3, 0.4) is 0 Å². The van der Waals surface area contributed by atoms with E-state index >= 15 is 0 Å². The summed E-state index contributed by atoms with van der Waals surface area (Å²) in [6, 6.07) is 16.2. The molecule has 1 aliphatic heterocycles. The van der Waals surface area contributed by atoms with Crippen LogP contribution in [0.25, 0.3) is 0 Å². The van der Waals surface area contributed by atoms with Crippen LogP contribution in [-0.2, 0) is 4.79 Å². The first kappa shape index (κ1) is 16.5. The third-order valence-corrected chi connectivity index (χ3v) is 4.49. The number of hydrogen-bond donors (Lipinski definition) is 1. The van der Waals surface area contributed by atoms with Crippen LogP contribution < -0.4 is 10.2 Å². The zero-order valence-corrected chi connectivity index (χ0v) is 13.8. The highest BCUT2D eigenvalue weighted by molar-refractivity contribution is 5.94. The molecule has 5 heteroatoms. The fourth-order valence-corrected chi connectivity index (χ4v) is 2.97. The van der Waals surface area contributed by atoms with E-state index in [-0.39, 0.29) is 17.6 Å². The summed E-state index contributed by atoms with van der Waals surface area (Å²) in [6.45, 7) is 5.23. The Bertz CT molecular complexity index is 684. The van der Waals surface area contributed by atoms with Gasteiger partial charge in [-0.25, -0.2) is 4.39 Å². The molecule has 1 heterocycles. The van der Waals surface area contributed by atoms with Crippen LogP contribution in [0.15, 0.2) is 54.6 Å². The number of piperazine rings is 1. The summed E-state index contributed by atoms with van der Waals surface area (Å²) in [5.74, 6) is -0.583. The van der Waals surface area contributed by atoms with E-state index in [1.54, 1.807) is 18.2 Å². The fourth-order valence-electron chi connectivity index (χ4n) is 2.97. The molecule has 0 radical (unpaired) electrons. The van der Waals surface area contributed by atoms with Crippen molar-refractivity contribution in [3.63, 3.8) is 0 Å². The summed E-state index contributed by atoms with van der Waals surface area (Å²) in [6.07, 6.45) is 0. The normalized spacial score (nSPS) is 16.7. The molecule has 3 rings (SSSR count). The molecular weight excluding hydrogens is 305 g/mol. The molecule has 2 aromatic carbocycles. The van der Waals surface area contributed by atoms with Crippen LogP contribution in [0.2, 0.25) is 0 Å². The Morgan fingerprint density at radius 1 is 1.00 bits per heavy atom. The SMILES string of the molecule is CC(C(=O)Nc1ccccc1F)N1CCN(c2ccccc2)CC1. The number of carbonyl (C=O) groups is 1. The van der Waals surface area contributed by atoms with Crippen molar-refractivity contribution in [1.82, 2.24) is 4.90 Å². The summed E-state index contributed by atoms with van der Waals surface area (Å²) >= 11 is 0. The number of hydrogen-bond acceptors (Lipinski definition) is 3. The van der Waals surface area contributed by atoms with Crippen LogP contribution in [-0.4, -0.2) is 43.0 Å². The van der Waals surface area contributed by atoms with Crippen molar-refractivity contribution in [3.8, 4) is 0 Å². The van der Waals surface area contributed by atoms with Gasteiger partial charge in [-0.15, -0.1) is 0 Å². The van der Waals surface area contributed by atoms with Gasteiger partial charge in [-0.05, 0) is 31.2 Å². The molecule has 0 bridgehead atoms. The van der Waals surface area contributed by atoms with Crippen molar-refractivity contribution in [2.24, 2.45) is 0 Å². The van der Waals surface area contributed by atoms with Crippen LogP contribution in [0.1, 0.15) is 6.92 Å². The number of nitrogens with zero attached hydrogens (tertiary/aromatic N) is 2. The van der Waals surface area contributed by atoms with Crippen LogP contribution in [0, 0.1) is 5.82 Å². The highest BCUT2D eigenvalue weighted by atomic mass is 19.1. The van der Waals surface area contributed by atoms with Crippen molar-refractivity contribution in [2.45, 2.75) is 13.0 Å². The van der Waals surface area contributed by atoms with Crippen LogP contribution in [0.5, 0.6) is 0 Å². The molecule has 24 heavy (non-hydrogen) atoms. The topological polar surface area (TPSA) is 35.6 Å². The smallest absolute Gasteiger partial charge is 0.241 e. The quantitative estimate of drug-likeness (QED) is 0.938. The largest absolute Gasteiger partial charge is 0.369 e. The Morgan fingerprint density at radius 2 is 1.62 bits per heavy atom. The zero-order valence-electron chi connectivity index (χ0n) is 13.8. The molecule has 1 amide bonds. The van der Waals surface area contributed by atoms with E-state index < -0.39 is 5.82 Å². The lowest BCUT2D eigenvalue weighted by molar-refractivity contribution is -0.120. The molecule has 1 aliphatic rings. The second kappa shape index (κ2) is 7.45. The first-order chi connectivity index (χ1) is 11.6. The molecule has 0 saturated carbocycles. The van der Waals surface area contributed by atoms with E-state index in [0.717, 1.165) is 26.2 Å². The van der Waals surface area contributed by atoms with Gasteiger partial charge in [0.1, 0.15) is 5.82 Å². The summed E-state index contributed by atoms with van der Waals surface area (Å²) in [5, 5.41) is 2.68. The molecule has 2 aromatic rings. The lowest BCUT2D eigenvalue weighted by Crippen LogP contribution is -2.52. The fraction of sp³-hybridized carbons (Fsp3) is 0.316. The molecule has 4 nitrogen and oxygen atoms in total. The maximum atomic E-state index is 13.7. The van der Waals surface area contributed by atoms with Crippen molar-refractivity contribution in [1.29, 1.82) is 0 Å². The Labute approximate surface area is 141 Å². The van der Waals surface area contributed by atoms with Gasteiger partial charge >= 0.3 is 0 Å². The van der Waals surface area contributed by atoms with Crippen LogP contribution >= 0.6 is 0 Å². The van der Waals surface area contributed by atoms with Crippen LogP contribution in [0.4, 0.5) is 15.8 Å². The second-order valence-corrected chi connectivity index (χ2v) is 6.00. The summed E-state index contributed by atoms with van der Waals surface area (Å²) in [5.41, 5.74) is 1.44. The van der Waals surface area contributed by atoms with E-state index in [0.29, 0.717) is 0 Å². The summed E-state index contributed by atoms with van der Waals surface area (Å²) in [7, 11) is 0. The predicted octanol–water partition coefficient (Wildman–Crippen LogP) is 2.97. The van der Waals surface area contributed by atoms with E-state index in [2.05, 4.69) is 27.2 Å². The number of halogens is 1. The molecule has 0 aliphatic carbocycles. The van der Waals surface area contributed by atoms with Gasteiger partial charge in [0.25, 0.3) is 0 Å². The lowest BCUT2D eigenvalue weighted by atomic mass is 10.2. The van der Waals surface area contributed by atoms with Crippen molar-refractivity contribution < 1.29 is 9.18 Å². The summed E-state index contributed by atoms with van der Waals surface area (Å²) < 4.78 is 13.7.